The molecule has 0 radical (unpaired) electrons. The molecule has 0 saturated carbocycles. The average molecular weight is 159 g/mol. The maximum Gasteiger partial charge on any atom is 0.318 e. The van der Waals surface area contributed by atoms with Crippen LogP contribution in [0.1, 0.15) is 0 Å². The molecule has 0 spiro atoms. The molecule has 5 heteroatoms. The van der Waals surface area contributed by atoms with Gasteiger partial charge in [-0.2, -0.15) is 0 Å². The van der Waals surface area contributed by atoms with Crippen molar-refractivity contribution < 1.29 is 9.53 Å². The van der Waals surface area contributed by atoms with Crippen LogP contribution in [0.3, 0.4) is 0 Å². The van der Waals surface area contributed by atoms with E-state index < -0.39 is 0 Å². The Balaban J connectivity index is 2.27. The van der Waals surface area contributed by atoms with Gasteiger partial charge in [0.1, 0.15) is 0 Å². The van der Waals surface area contributed by atoms with Crippen LogP contribution in [0, 0.1) is 0 Å². The zero-order chi connectivity index (χ0) is 8.10. The molecule has 64 valence electrons. The highest BCUT2D eigenvalue weighted by atomic mass is 16.5. The van der Waals surface area contributed by atoms with Crippen molar-refractivity contribution in [3.63, 3.8) is 0 Å². The first-order valence-corrected chi connectivity index (χ1v) is 3.65. The lowest BCUT2D eigenvalue weighted by atomic mass is 10.4. The zero-order valence-electron chi connectivity index (χ0n) is 6.38. The van der Waals surface area contributed by atoms with Crippen LogP contribution in [0.4, 0.5) is 4.79 Å². The molecule has 0 aliphatic carbocycles. The second-order valence-electron chi connectivity index (χ2n) is 2.29. The number of nitrogens with one attached hydrogen (secondary N) is 1. The molecule has 0 atom stereocenters. The van der Waals surface area contributed by atoms with Crippen molar-refractivity contribution in [1.82, 2.24) is 10.2 Å². The number of amides is 2. The van der Waals surface area contributed by atoms with Gasteiger partial charge < -0.3 is 20.7 Å². The monoisotopic (exact) mass is 159 g/mol. The summed E-state index contributed by atoms with van der Waals surface area (Å²) in [5.41, 5.74) is 5.15. The Morgan fingerprint density at radius 2 is 2.18 bits per heavy atom. The third kappa shape index (κ3) is 2.36. The highest BCUT2D eigenvalue weighted by Gasteiger charge is 2.14. The summed E-state index contributed by atoms with van der Waals surface area (Å²) < 4.78 is 5.08. The predicted molar refractivity (Wildman–Crippen MR) is 40.0 cm³/mol. The van der Waals surface area contributed by atoms with E-state index in [1.807, 2.05) is 0 Å². The molecular formula is C6H13N3O2. The molecule has 0 unspecified atom stereocenters. The van der Waals surface area contributed by atoms with Crippen molar-refractivity contribution in [2.45, 2.75) is 0 Å². The Bertz CT molecular complexity index is 134. The molecule has 1 aliphatic rings. The van der Waals surface area contributed by atoms with E-state index in [2.05, 4.69) is 5.32 Å². The molecule has 1 rings (SSSR count). The van der Waals surface area contributed by atoms with Crippen molar-refractivity contribution >= 4 is 6.03 Å². The topological polar surface area (TPSA) is 67.6 Å². The number of hydrogen-bond acceptors (Lipinski definition) is 3. The van der Waals surface area contributed by atoms with Gasteiger partial charge >= 0.3 is 6.03 Å². The van der Waals surface area contributed by atoms with E-state index in [1.54, 1.807) is 4.90 Å². The molecule has 1 saturated heterocycles. The van der Waals surface area contributed by atoms with Gasteiger partial charge in [-0.25, -0.2) is 4.79 Å². The Hall–Kier alpha value is -0.810. The number of ether oxygens (including phenoxy) is 1. The van der Waals surface area contributed by atoms with Crippen molar-refractivity contribution in [2.24, 2.45) is 5.73 Å². The molecule has 3 N–H and O–H groups in total. The molecule has 1 heterocycles. The van der Waals surface area contributed by atoms with Gasteiger partial charge in [0.25, 0.3) is 0 Å². The minimum atomic E-state index is -0.101. The fourth-order valence-electron chi connectivity index (χ4n) is 0.966. The molecule has 1 aliphatic heterocycles. The zero-order valence-corrected chi connectivity index (χ0v) is 6.38. The van der Waals surface area contributed by atoms with E-state index in [0.29, 0.717) is 26.3 Å². The molecule has 1 fully saturated rings. The summed E-state index contributed by atoms with van der Waals surface area (Å²) in [5, 5.41) is 2.52. The number of morpholine rings is 1. The van der Waals surface area contributed by atoms with Gasteiger partial charge in [0.05, 0.1) is 19.9 Å². The summed E-state index contributed by atoms with van der Waals surface area (Å²) >= 11 is 0. The second-order valence-corrected chi connectivity index (χ2v) is 2.29. The predicted octanol–water partition coefficient (Wildman–Crippen LogP) is -1.06. The number of rotatable bonds is 1. The van der Waals surface area contributed by atoms with Crippen molar-refractivity contribution in [1.29, 1.82) is 0 Å². The maximum absolute atomic E-state index is 11.1. The molecule has 0 bridgehead atoms. The summed E-state index contributed by atoms with van der Waals surface area (Å²) in [6.45, 7) is 2.75. The normalized spacial score (nSPS) is 18.1. The average Bonchev–Trinajstić information content (AvgIpc) is 2.07. The van der Waals surface area contributed by atoms with Gasteiger partial charge in [-0.3, -0.25) is 0 Å². The molecule has 0 aromatic rings. The van der Waals surface area contributed by atoms with Crippen molar-refractivity contribution in [2.75, 3.05) is 33.0 Å². The van der Waals surface area contributed by atoms with Crippen LogP contribution < -0.4 is 11.1 Å². The lowest BCUT2D eigenvalue weighted by molar-refractivity contribution is 0.0533. The third-order valence-electron chi connectivity index (χ3n) is 1.55. The van der Waals surface area contributed by atoms with E-state index in [-0.39, 0.29) is 12.7 Å². The standard InChI is InChI=1S/C6H13N3O2/c7-5-8-6(10)9-1-3-11-4-2-9/h1-5,7H2,(H,8,10). The van der Waals surface area contributed by atoms with E-state index in [9.17, 15) is 4.79 Å². The van der Waals surface area contributed by atoms with Crippen LogP contribution in [0.25, 0.3) is 0 Å². The number of hydrogen-bond donors (Lipinski definition) is 2. The highest BCUT2D eigenvalue weighted by molar-refractivity contribution is 5.74. The van der Waals surface area contributed by atoms with Gasteiger partial charge in [0.2, 0.25) is 0 Å². The van der Waals surface area contributed by atoms with Crippen LogP contribution in [0.5, 0.6) is 0 Å². The first kappa shape index (κ1) is 8.29. The summed E-state index contributed by atoms with van der Waals surface area (Å²) in [5.74, 6) is 0. The number of nitrogens with two attached hydrogens (primary N) is 1. The van der Waals surface area contributed by atoms with Gasteiger partial charge in [-0.1, -0.05) is 0 Å². The van der Waals surface area contributed by atoms with Crippen LogP contribution in [-0.4, -0.2) is 43.9 Å². The fraction of sp³-hybridized carbons (Fsp3) is 0.833. The lowest BCUT2D eigenvalue weighted by Gasteiger charge is -2.26. The fourth-order valence-corrected chi connectivity index (χ4v) is 0.966. The Labute approximate surface area is 65.5 Å². The molecule has 11 heavy (non-hydrogen) atoms. The first-order chi connectivity index (χ1) is 5.34. The lowest BCUT2D eigenvalue weighted by Crippen LogP contribution is -2.47. The van der Waals surface area contributed by atoms with Gasteiger partial charge in [-0.15, -0.1) is 0 Å². The molecule has 5 nitrogen and oxygen atoms in total. The minimum Gasteiger partial charge on any atom is -0.378 e. The summed E-state index contributed by atoms with van der Waals surface area (Å²) in [4.78, 5) is 12.8. The minimum absolute atomic E-state index is 0.101. The largest absolute Gasteiger partial charge is 0.378 e. The van der Waals surface area contributed by atoms with E-state index in [0.717, 1.165) is 0 Å². The quantitative estimate of drug-likeness (QED) is 0.479. The third-order valence-corrected chi connectivity index (χ3v) is 1.55. The van der Waals surface area contributed by atoms with Crippen LogP contribution in [0.15, 0.2) is 0 Å². The molecular weight excluding hydrogens is 146 g/mol. The number of nitrogens with zero attached hydrogens (tertiary/aromatic N) is 1. The van der Waals surface area contributed by atoms with Gasteiger partial charge in [-0.05, 0) is 0 Å². The second kappa shape index (κ2) is 4.15. The summed E-state index contributed by atoms with van der Waals surface area (Å²) in [7, 11) is 0. The van der Waals surface area contributed by atoms with Crippen LogP contribution in [0.2, 0.25) is 0 Å². The molecule has 2 amide bonds. The van der Waals surface area contributed by atoms with Crippen LogP contribution >= 0.6 is 0 Å². The first-order valence-electron chi connectivity index (χ1n) is 3.65. The van der Waals surface area contributed by atoms with Gasteiger partial charge in [0.15, 0.2) is 0 Å². The number of carbonyl (C=O) groups excluding carboxylic acids is 1. The number of carbonyl (C=O) groups is 1. The number of urea groups is 1. The summed E-state index contributed by atoms with van der Waals surface area (Å²) in [6, 6.07) is -0.101. The van der Waals surface area contributed by atoms with E-state index in [1.165, 1.54) is 0 Å². The maximum atomic E-state index is 11.1. The van der Waals surface area contributed by atoms with Crippen molar-refractivity contribution in [3.05, 3.63) is 0 Å². The van der Waals surface area contributed by atoms with Crippen molar-refractivity contribution in [3.8, 4) is 0 Å². The Morgan fingerprint density at radius 1 is 1.55 bits per heavy atom. The SMILES string of the molecule is NCNC(=O)N1CCOCC1. The van der Waals surface area contributed by atoms with Gasteiger partial charge in [0, 0.05) is 13.1 Å². The van der Waals surface area contributed by atoms with E-state index in [4.69, 9.17) is 10.5 Å². The smallest absolute Gasteiger partial charge is 0.318 e. The molecule has 0 aromatic carbocycles. The van der Waals surface area contributed by atoms with E-state index >= 15 is 0 Å². The van der Waals surface area contributed by atoms with Crippen LogP contribution in [-0.2, 0) is 4.74 Å². The summed E-state index contributed by atoms with van der Waals surface area (Å²) in [6.07, 6.45) is 0. The Kier molecular flexibility index (Phi) is 3.13. The molecule has 0 aromatic heterocycles. The highest BCUT2D eigenvalue weighted by Crippen LogP contribution is 1.95. The Morgan fingerprint density at radius 3 is 2.73 bits per heavy atom.